The Morgan fingerprint density at radius 1 is 1.61 bits per heavy atom. The first-order chi connectivity index (χ1) is 8.24. The highest BCUT2D eigenvalue weighted by Gasteiger charge is 2.21. The van der Waals surface area contributed by atoms with Crippen LogP contribution in [0.25, 0.3) is 0 Å². The van der Waals surface area contributed by atoms with Crippen molar-refractivity contribution in [1.82, 2.24) is 4.98 Å². The lowest BCUT2D eigenvalue weighted by molar-refractivity contribution is -0.385. The topological polar surface area (TPSA) is 124 Å². The number of pyridine rings is 1. The molecule has 0 spiro atoms. The quantitative estimate of drug-likeness (QED) is 0.275. The summed E-state index contributed by atoms with van der Waals surface area (Å²) in [4.78, 5) is 13.8. The van der Waals surface area contributed by atoms with Crippen molar-refractivity contribution in [2.75, 3.05) is 0 Å². The summed E-state index contributed by atoms with van der Waals surface area (Å²) < 4.78 is 5.48. The van der Waals surface area contributed by atoms with E-state index in [-0.39, 0.29) is 23.0 Å². The molecular weight excluding hydrogens is 240 g/mol. The molecule has 0 aliphatic heterocycles. The van der Waals surface area contributed by atoms with E-state index in [4.69, 9.17) is 15.7 Å². The van der Waals surface area contributed by atoms with Crippen LogP contribution in [0, 0.1) is 10.1 Å². The molecular formula is C10H14N4O4. The minimum Gasteiger partial charge on any atom is -0.471 e. The molecule has 0 aliphatic rings. The predicted octanol–water partition coefficient (Wildman–Crippen LogP) is 1.26. The van der Waals surface area contributed by atoms with E-state index in [1.165, 1.54) is 0 Å². The van der Waals surface area contributed by atoms with Crippen LogP contribution in [0.3, 0.4) is 0 Å². The van der Waals surface area contributed by atoms with Crippen molar-refractivity contribution in [3.05, 3.63) is 27.9 Å². The van der Waals surface area contributed by atoms with Crippen molar-refractivity contribution >= 4 is 11.5 Å². The van der Waals surface area contributed by atoms with Gasteiger partial charge in [0.25, 0.3) is 5.69 Å². The van der Waals surface area contributed by atoms with Crippen LogP contribution >= 0.6 is 0 Å². The molecule has 0 amide bonds. The van der Waals surface area contributed by atoms with Crippen LogP contribution in [0.15, 0.2) is 17.4 Å². The number of amidine groups is 1. The molecule has 0 saturated carbocycles. The fraction of sp³-hybridized carbons (Fsp3) is 0.400. The summed E-state index contributed by atoms with van der Waals surface area (Å²) in [6.45, 7) is 5.35. The van der Waals surface area contributed by atoms with Crippen molar-refractivity contribution in [3.8, 4) is 5.88 Å². The second kappa shape index (κ2) is 4.86. The minimum absolute atomic E-state index is 0.0709. The normalized spacial score (nSPS) is 12.3. The minimum atomic E-state index is -0.623. The highest BCUT2D eigenvalue weighted by molar-refractivity contribution is 5.99. The lowest BCUT2D eigenvalue weighted by Gasteiger charge is -2.21. The van der Waals surface area contributed by atoms with E-state index in [2.05, 4.69) is 10.1 Å². The molecule has 0 radical (unpaired) electrons. The van der Waals surface area contributed by atoms with Crippen LogP contribution < -0.4 is 10.5 Å². The van der Waals surface area contributed by atoms with Crippen molar-refractivity contribution < 1.29 is 14.9 Å². The Morgan fingerprint density at radius 2 is 2.22 bits per heavy atom. The zero-order valence-electron chi connectivity index (χ0n) is 10.2. The van der Waals surface area contributed by atoms with E-state index in [9.17, 15) is 10.1 Å². The van der Waals surface area contributed by atoms with E-state index in [1.54, 1.807) is 20.8 Å². The number of rotatable bonds is 3. The third-order valence-electron chi connectivity index (χ3n) is 1.83. The average Bonchev–Trinajstić information content (AvgIpc) is 2.26. The van der Waals surface area contributed by atoms with Gasteiger partial charge in [-0.2, -0.15) is 0 Å². The largest absolute Gasteiger partial charge is 0.471 e. The molecule has 0 saturated heterocycles. The summed E-state index contributed by atoms with van der Waals surface area (Å²) in [6, 6.07) is 1.14. The number of nitro groups is 1. The Bertz CT molecular complexity index is 493. The monoisotopic (exact) mass is 254 g/mol. The van der Waals surface area contributed by atoms with Crippen LogP contribution in [-0.2, 0) is 0 Å². The Morgan fingerprint density at radius 3 is 2.67 bits per heavy atom. The first-order valence-electron chi connectivity index (χ1n) is 5.06. The van der Waals surface area contributed by atoms with Gasteiger partial charge in [-0.1, -0.05) is 5.16 Å². The van der Waals surface area contributed by atoms with Crippen LogP contribution in [0.1, 0.15) is 26.3 Å². The zero-order valence-corrected chi connectivity index (χ0v) is 10.2. The summed E-state index contributed by atoms with van der Waals surface area (Å²) in [5, 5.41) is 22.1. The van der Waals surface area contributed by atoms with Crippen molar-refractivity contribution in [2.24, 2.45) is 10.9 Å². The van der Waals surface area contributed by atoms with Gasteiger partial charge in [0.1, 0.15) is 11.8 Å². The van der Waals surface area contributed by atoms with Gasteiger partial charge in [0.2, 0.25) is 5.88 Å². The highest BCUT2D eigenvalue weighted by atomic mass is 16.6. The smallest absolute Gasteiger partial charge is 0.288 e. The Labute approximate surface area is 103 Å². The van der Waals surface area contributed by atoms with Crippen LogP contribution in [0.2, 0.25) is 0 Å². The van der Waals surface area contributed by atoms with Gasteiger partial charge in [0, 0.05) is 6.07 Å². The second-order valence-electron chi connectivity index (χ2n) is 4.50. The van der Waals surface area contributed by atoms with Gasteiger partial charge in [0.05, 0.1) is 10.5 Å². The van der Waals surface area contributed by atoms with Gasteiger partial charge in [-0.05, 0) is 20.8 Å². The number of nitrogens with two attached hydrogens (primary N) is 1. The summed E-state index contributed by atoms with van der Waals surface area (Å²) in [6.07, 6.45) is 1.05. The maximum Gasteiger partial charge on any atom is 0.288 e. The summed E-state index contributed by atoms with van der Waals surface area (Å²) in [5.41, 5.74) is 4.68. The maximum absolute atomic E-state index is 10.6. The number of ether oxygens (including phenoxy) is 1. The van der Waals surface area contributed by atoms with Crippen molar-refractivity contribution in [2.45, 2.75) is 26.4 Å². The maximum atomic E-state index is 10.6. The standard InChI is InChI=1S/C10H14N4O4/c1-10(2,3)18-9-7(8(11)13-15)4-6(5-12-9)14(16)17/h4-5,15H,1-3H3,(H2,11,13). The van der Waals surface area contributed by atoms with Crippen LogP contribution in [0.4, 0.5) is 5.69 Å². The second-order valence-corrected chi connectivity index (χ2v) is 4.50. The van der Waals surface area contributed by atoms with Gasteiger partial charge in [-0.3, -0.25) is 10.1 Å². The van der Waals surface area contributed by atoms with E-state index in [0.29, 0.717) is 0 Å². The van der Waals surface area contributed by atoms with E-state index in [0.717, 1.165) is 12.3 Å². The predicted molar refractivity (Wildman–Crippen MR) is 63.8 cm³/mol. The van der Waals surface area contributed by atoms with Gasteiger partial charge < -0.3 is 15.7 Å². The lowest BCUT2D eigenvalue weighted by atomic mass is 10.2. The van der Waals surface area contributed by atoms with Crippen molar-refractivity contribution in [1.29, 1.82) is 0 Å². The molecule has 1 heterocycles. The molecule has 0 unspecified atom stereocenters. The van der Waals surface area contributed by atoms with E-state index < -0.39 is 10.5 Å². The SMILES string of the molecule is CC(C)(C)Oc1ncc([N+](=O)[O-])cc1C(N)=NO. The number of oxime groups is 1. The number of hydrogen-bond donors (Lipinski definition) is 2. The van der Waals surface area contributed by atoms with Gasteiger partial charge in [-0.15, -0.1) is 0 Å². The molecule has 1 rings (SSSR count). The third-order valence-corrected chi connectivity index (χ3v) is 1.83. The summed E-state index contributed by atoms with van der Waals surface area (Å²) in [7, 11) is 0. The van der Waals surface area contributed by atoms with Gasteiger partial charge in [0.15, 0.2) is 5.84 Å². The first kappa shape index (κ1) is 13.7. The summed E-state index contributed by atoms with van der Waals surface area (Å²) >= 11 is 0. The molecule has 0 fully saturated rings. The van der Waals surface area contributed by atoms with Crippen molar-refractivity contribution in [3.63, 3.8) is 0 Å². The molecule has 8 nitrogen and oxygen atoms in total. The zero-order chi connectivity index (χ0) is 13.9. The molecule has 8 heteroatoms. The molecule has 1 aromatic rings. The van der Waals surface area contributed by atoms with Crippen LogP contribution in [-0.4, -0.2) is 26.6 Å². The molecule has 1 aromatic heterocycles. The fourth-order valence-corrected chi connectivity index (χ4v) is 1.15. The molecule has 0 bridgehead atoms. The van der Waals surface area contributed by atoms with Crippen LogP contribution in [0.5, 0.6) is 5.88 Å². The summed E-state index contributed by atoms with van der Waals surface area (Å²) in [5.74, 6) is -0.228. The van der Waals surface area contributed by atoms with E-state index in [1.807, 2.05) is 0 Å². The van der Waals surface area contributed by atoms with E-state index >= 15 is 0 Å². The highest BCUT2D eigenvalue weighted by Crippen LogP contribution is 2.24. The molecule has 0 aromatic carbocycles. The Balaban J connectivity index is 3.30. The first-order valence-corrected chi connectivity index (χ1v) is 5.06. The average molecular weight is 254 g/mol. The molecule has 98 valence electrons. The lowest BCUT2D eigenvalue weighted by Crippen LogP contribution is -2.26. The molecule has 3 N–H and O–H groups in total. The third kappa shape index (κ3) is 3.30. The Hall–Kier alpha value is -2.38. The fourth-order valence-electron chi connectivity index (χ4n) is 1.15. The number of aromatic nitrogens is 1. The molecule has 0 aliphatic carbocycles. The molecule has 0 atom stereocenters. The van der Waals surface area contributed by atoms with Gasteiger partial charge in [-0.25, -0.2) is 4.98 Å². The molecule has 18 heavy (non-hydrogen) atoms. The number of hydrogen-bond acceptors (Lipinski definition) is 6. The Kier molecular flexibility index (Phi) is 3.70. The number of nitrogens with zero attached hydrogens (tertiary/aromatic N) is 3. The van der Waals surface area contributed by atoms with Gasteiger partial charge >= 0.3 is 0 Å².